The van der Waals surface area contributed by atoms with Gasteiger partial charge in [-0.1, -0.05) is 13.0 Å². The predicted molar refractivity (Wildman–Crippen MR) is 91.1 cm³/mol. The summed E-state index contributed by atoms with van der Waals surface area (Å²) in [5.74, 6) is 2.55. The van der Waals surface area contributed by atoms with Gasteiger partial charge < -0.3 is 9.73 Å². The number of oxazole rings is 1. The normalized spacial score (nSPS) is 17.2. The molecule has 3 rings (SSSR count). The van der Waals surface area contributed by atoms with Crippen molar-refractivity contribution < 1.29 is 4.42 Å². The van der Waals surface area contributed by atoms with E-state index in [1.807, 2.05) is 13.0 Å². The average molecular weight is 319 g/mol. The zero-order chi connectivity index (χ0) is 15.4. The van der Waals surface area contributed by atoms with Crippen molar-refractivity contribution in [1.29, 1.82) is 0 Å². The number of nitrogens with one attached hydrogen (secondary N) is 1. The molecule has 1 N–H and O–H groups in total. The molecule has 0 radical (unpaired) electrons. The molecule has 1 aliphatic heterocycles. The molecule has 0 spiro atoms. The molecule has 0 atom stereocenters. The average Bonchev–Trinajstić information content (AvgIpc) is 3.17. The van der Waals surface area contributed by atoms with Crippen LogP contribution >= 0.6 is 11.3 Å². The summed E-state index contributed by atoms with van der Waals surface area (Å²) < 4.78 is 5.84. The molecule has 22 heavy (non-hydrogen) atoms. The number of rotatable bonds is 6. The van der Waals surface area contributed by atoms with Crippen LogP contribution in [0.4, 0.5) is 0 Å². The molecule has 0 saturated carbocycles. The largest absolute Gasteiger partial charge is 0.440 e. The van der Waals surface area contributed by atoms with Crippen molar-refractivity contribution in [3.8, 4) is 10.8 Å². The van der Waals surface area contributed by atoms with Gasteiger partial charge in [-0.05, 0) is 63.3 Å². The minimum atomic E-state index is 0.768. The van der Waals surface area contributed by atoms with Crippen molar-refractivity contribution in [3.05, 3.63) is 29.0 Å². The first kappa shape index (κ1) is 15.7. The molecule has 1 fully saturated rings. The van der Waals surface area contributed by atoms with Crippen LogP contribution in [0.3, 0.4) is 0 Å². The molecule has 4 nitrogen and oxygen atoms in total. The van der Waals surface area contributed by atoms with Crippen LogP contribution in [-0.2, 0) is 6.54 Å². The summed E-state index contributed by atoms with van der Waals surface area (Å²) in [7, 11) is 0. The zero-order valence-electron chi connectivity index (χ0n) is 13.5. The van der Waals surface area contributed by atoms with Gasteiger partial charge in [0.25, 0.3) is 0 Å². The van der Waals surface area contributed by atoms with Crippen molar-refractivity contribution in [2.24, 2.45) is 5.92 Å². The minimum Gasteiger partial charge on any atom is -0.440 e. The Kier molecular flexibility index (Phi) is 5.28. The van der Waals surface area contributed by atoms with Gasteiger partial charge in [-0.2, -0.15) is 0 Å². The van der Waals surface area contributed by atoms with E-state index in [1.54, 1.807) is 11.3 Å². The molecule has 120 valence electrons. The van der Waals surface area contributed by atoms with E-state index in [-0.39, 0.29) is 0 Å². The van der Waals surface area contributed by atoms with E-state index in [9.17, 15) is 0 Å². The number of thiophene rings is 1. The van der Waals surface area contributed by atoms with E-state index < -0.39 is 0 Å². The predicted octanol–water partition coefficient (Wildman–Crippen LogP) is 3.53. The lowest BCUT2D eigenvalue weighted by molar-refractivity contribution is 0.174. The van der Waals surface area contributed by atoms with Crippen molar-refractivity contribution in [2.45, 2.75) is 33.2 Å². The van der Waals surface area contributed by atoms with Crippen LogP contribution in [0, 0.1) is 12.8 Å². The first-order valence-electron chi connectivity index (χ1n) is 8.19. The molecule has 0 aliphatic carbocycles. The van der Waals surface area contributed by atoms with Gasteiger partial charge in [-0.25, -0.2) is 4.98 Å². The molecule has 0 unspecified atom stereocenters. The van der Waals surface area contributed by atoms with Crippen molar-refractivity contribution in [2.75, 3.05) is 26.2 Å². The Morgan fingerprint density at radius 1 is 1.41 bits per heavy atom. The molecule has 3 heterocycles. The topological polar surface area (TPSA) is 41.3 Å². The SMILES string of the molecule is CCNCC1CCN(Cc2nc(-c3cccs3)oc2C)CC1. The second kappa shape index (κ2) is 7.40. The Morgan fingerprint density at radius 2 is 2.23 bits per heavy atom. The fraction of sp³-hybridized carbons (Fsp3) is 0.588. The Labute approximate surface area is 136 Å². The van der Waals surface area contributed by atoms with Gasteiger partial charge in [0.1, 0.15) is 5.76 Å². The van der Waals surface area contributed by atoms with E-state index in [0.717, 1.165) is 60.9 Å². The monoisotopic (exact) mass is 319 g/mol. The van der Waals surface area contributed by atoms with E-state index in [4.69, 9.17) is 9.40 Å². The summed E-state index contributed by atoms with van der Waals surface area (Å²) in [4.78, 5) is 8.32. The summed E-state index contributed by atoms with van der Waals surface area (Å²) >= 11 is 1.68. The highest BCUT2D eigenvalue weighted by molar-refractivity contribution is 7.13. The molecular weight excluding hydrogens is 294 g/mol. The maximum Gasteiger partial charge on any atom is 0.236 e. The Bertz CT molecular complexity index is 571. The second-order valence-corrected chi connectivity index (χ2v) is 6.97. The third-order valence-corrected chi connectivity index (χ3v) is 5.25. The van der Waals surface area contributed by atoms with E-state index >= 15 is 0 Å². The molecular formula is C17H25N3OS. The number of likely N-dealkylation sites (tertiary alicyclic amines) is 1. The van der Waals surface area contributed by atoms with Crippen LogP contribution in [0.25, 0.3) is 10.8 Å². The van der Waals surface area contributed by atoms with Gasteiger partial charge in [0, 0.05) is 6.54 Å². The number of aryl methyl sites for hydroxylation is 1. The lowest BCUT2D eigenvalue weighted by atomic mass is 9.96. The maximum atomic E-state index is 5.84. The molecule has 1 aliphatic rings. The van der Waals surface area contributed by atoms with Gasteiger partial charge in [0.2, 0.25) is 5.89 Å². The number of aromatic nitrogens is 1. The van der Waals surface area contributed by atoms with E-state index in [2.05, 4.69) is 28.6 Å². The standard InChI is InChI=1S/C17H25N3OS/c1-3-18-11-14-6-8-20(9-7-14)12-15-13(2)21-17(19-15)16-5-4-10-22-16/h4-5,10,14,18H,3,6-9,11-12H2,1-2H3. The van der Waals surface area contributed by atoms with E-state index in [1.165, 1.54) is 12.8 Å². The minimum absolute atomic E-state index is 0.768. The number of hydrogen-bond acceptors (Lipinski definition) is 5. The number of nitrogens with zero attached hydrogens (tertiary/aromatic N) is 2. The first-order chi connectivity index (χ1) is 10.8. The van der Waals surface area contributed by atoms with Crippen molar-refractivity contribution in [1.82, 2.24) is 15.2 Å². The molecule has 2 aromatic rings. The maximum absolute atomic E-state index is 5.84. The van der Waals surface area contributed by atoms with Gasteiger partial charge in [0.05, 0.1) is 10.6 Å². The highest BCUT2D eigenvalue weighted by Gasteiger charge is 2.21. The van der Waals surface area contributed by atoms with Gasteiger partial charge in [0.15, 0.2) is 0 Å². The second-order valence-electron chi connectivity index (χ2n) is 6.03. The Balaban J connectivity index is 1.56. The molecule has 0 amide bonds. The molecule has 1 saturated heterocycles. The lowest BCUT2D eigenvalue weighted by Crippen LogP contribution is -2.37. The summed E-state index contributed by atoms with van der Waals surface area (Å²) in [5.41, 5.74) is 1.09. The summed E-state index contributed by atoms with van der Waals surface area (Å²) in [6.45, 7) is 9.67. The highest BCUT2D eigenvalue weighted by atomic mass is 32.1. The van der Waals surface area contributed by atoms with Crippen LogP contribution < -0.4 is 5.32 Å². The van der Waals surface area contributed by atoms with Crippen molar-refractivity contribution >= 4 is 11.3 Å². The number of hydrogen-bond donors (Lipinski definition) is 1. The summed E-state index contributed by atoms with van der Waals surface area (Å²) in [6.07, 6.45) is 2.56. The molecule has 2 aromatic heterocycles. The Morgan fingerprint density at radius 3 is 2.91 bits per heavy atom. The third kappa shape index (κ3) is 3.77. The number of piperidine rings is 1. The third-order valence-electron chi connectivity index (χ3n) is 4.39. The van der Waals surface area contributed by atoms with Gasteiger partial charge in [-0.15, -0.1) is 11.3 Å². The first-order valence-corrected chi connectivity index (χ1v) is 9.07. The molecule has 0 aromatic carbocycles. The summed E-state index contributed by atoms with van der Waals surface area (Å²) in [5, 5.41) is 5.53. The smallest absolute Gasteiger partial charge is 0.236 e. The fourth-order valence-electron chi connectivity index (χ4n) is 2.99. The summed E-state index contributed by atoms with van der Waals surface area (Å²) in [6, 6.07) is 4.10. The van der Waals surface area contributed by atoms with Crippen LogP contribution in [0.1, 0.15) is 31.2 Å². The van der Waals surface area contributed by atoms with Gasteiger partial charge >= 0.3 is 0 Å². The fourth-order valence-corrected chi connectivity index (χ4v) is 3.64. The van der Waals surface area contributed by atoms with Crippen LogP contribution in [0.15, 0.2) is 21.9 Å². The quantitative estimate of drug-likeness (QED) is 0.884. The molecule has 5 heteroatoms. The van der Waals surface area contributed by atoms with Crippen molar-refractivity contribution in [3.63, 3.8) is 0 Å². The Hall–Kier alpha value is -1.17. The van der Waals surface area contributed by atoms with Crippen LogP contribution in [-0.4, -0.2) is 36.1 Å². The zero-order valence-corrected chi connectivity index (χ0v) is 14.3. The van der Waals surface area contributed by atoms with Crippen LogP contribution in [0.5, 0.6) is 0 Å². The highest BCUT2D eigenvalue weighted by Crippen LogP contribution is 2.27. The lowest BCUT2D eigenvalue weighted by Gasteiger charge is -2.31. The van der Waals surface area contributed by atoms with Crippen LogP contribution in [0.2, 0.25) is 0 Å². The molecule has 0 bridgehead atoms. The van der Waals surface area contributed by atoms with E-state index in [0.29, 0.717) is 0 Å². The van der Waals surface area contributed by atoms with Gasteiger partial charge in [-0.3, -0.25) is 4.90 Å².